The summed E-state index contributed by atoms with van der Waals surface area (Å²) in [5.74, 6) is -3.48. The minimum Gasteiger partial charge on any atom is -0.463 e. The van der Waals surface area contributed by atoms with Gasteiger partial charge in [-0.05, 0) is 92.9 Å². The van der Waals surface area contributed by atoms with Gasteiger partial charge in [-0.15, -0.1) is 0 Å². The fraction of sp³-hybridized carbons (Fsp3) is 0.854. The minimum absolute atomic E-state index is 0.00134. The van der Waals surface area contributed by atoms with E-state index in [4.69, 9.17) is 23.7 Å². The number of hydrogen-bond acceptors (Lipinski definition) is 10. The molecule has 0 bridgehead atoms. The van der Waals surface area contributed by atoms with Crippen LogP contribution in [0.2, 0.25) is 0 Å². The zero-order valence-electron chi connectivity index (χ0n) is 33.8. The van der Waals surface area contributed by atoms with Gasteiger partial charge in [0, 0.05) is 25.9 Å². The average Bonchev–Trinajstić information content (AvgIpc) is 3.38. The van der Waals surface area contributed by atoms with Gasteiger partial charge >= 0.3 is 23.9 Å². The van der Waals surface area contributed by atoms with Gasteiger partial charge in [-0.1, -0.05) is 71.4 Å². The second-order valence-electron chi connectivity index (χ2n) is 15.3. The molecule has 1 rings (SSSR count). The Bertz CT molecular complexity index is 1090. The molecule has 51 heavy (non-hydrogen) atoms. The van der Waals surface area contributed by atoms with Crippen molar-refractivity contribution in [2.24, 2.45) is 23.7 Å². The van der Waals surface area contributed by atoms with Crippen molar-refractivity contribution in [3.05, 3.63) is 12.2 Å². The highest BCUT2D eigenvalue weighted by Crippen LogP contribution is 2.41. The highest BCUT2D eigenvalue weighted by molar-refractivity contribution is 5.79. The minimum atomic E-state index is -1.18. The number of allylic oxidation sites excluding steroid dienone is 2. The molecular weight excluding hydrogens is 652 g/mol. The van der Waals surface area contributed by atoms with Crippen molar-refractivity contribution in [2.45, 2.75) is 195 Å². The molecule has 1 N–H and O–H groups in total. The standard InChI is InChI=1S/C41H72O10/c1-12-15-16-17-18-21-24-32-33(25-22-19-20-23-26-36(43)48-28(4)5)35(27-34(32)42)49-37(44)29(6)40(9,13-2)50-38(45)30(7)41(10,14-3)51-39(46)31(8)47-11/h19,22,28-35,42H,12-18,20-21,23-27H2,1-11H3/b22-19-/t29?,30?,31?,32-,33-,34-,35+,40?,41?/m1/s1. The van der Waals surface area contributed by atoms with Crippen LogP contribution in [0.5, 0.6) is 0 Å². The number of methoxy groups -OCH3 is 1. The summed E-state index contributed by atoms with van der Waals surface area (Å²) in [4.78, 5) is 51.8. The van der Waals surface area contributed by atoms with Crippen molar-refractivity contribution in [1.29, 1.82) is 0 Å². The summed E-state index contributed by atoms with van der Waals surface area (Å²) >= 11 is 0. The van der Waals surface area contributed by atoms with Gasteiger partial charge in [0.15, 0.2) is 6.10 Å². The zero-order chi connectivity index (χ0) is 38.8. The molecule has 0 aromatic heterocycles. The number of hydrogen-bond donors (Lipinski definition) is 1. The van der Waals surface area contributed by atoms with Gasteiger partial charge in [0.05, 0.1) is 24.0 Å². The third-order valence-corrected chi connectivity index (χ3v) is 11.1. The van der Waals surface area contributed by atoms with Crippen molar-refractivity contribution in [3.63, 3.8) is 0 Å². The first-order valence-electron chi connectivity index (χ1n) is 19.7. The van der Waals surface area contributed by atoms with E-state index in [1.165, 1.54) is 32.8 Å². The molecule has 0 saturated heterocycles. The number of carbonyl (C=O) groups is 4. The molecule has 9 atom stereocenters. The third-order valence-electron chi connectivity index (χ3n) is 11.1. The van der Waals surface area contributed by atoms with E-state index in [-0.39, 0.29) is 23.9 Å². The summed E-state index contributed by atoms with van der Waals surface area (Å²) in [6.07, 6.45) is 13.5. The number of ether oxygens (including phenoxy) is 5. The van der Waals surface area contributed by atoms with E-state index in [2.05, 4.69) is 19.1 Å². The van der Waals surface area contributed by atoms with E-state index >= 15 is 0 Å². The Morgan fingerprint density at radius 2 is 1.33 bits per heavy atom. The Balaban J connectivity index is 3.05. The molecular formula is C41H72O10. The molecule has 10 heteroatoms. The van der Waals surface area contributed by atoms with Crippen LogP contribution in [0.15, 0.2) is 12.2 Å². The number of rotatable bonds is 25. The smallest absolute Gasteiger partial charge is 0.335 e. The molecule has 1 fully saturated rings. The largest absolute Gasteiger partial charge is 0.463 e. The number of unbranched alkanes of at least 4 members (excludes halogenated alkanes) is 6. The van der Waals surface area contributed by atoms with Crippen LogP contribution >= 0.6 is 0 Å². The lowest BCUT2D eigenvalue weighted by molar-refractivity contribution is -0.192. The normalized spacial score (nSPS) is 23.2. The average molecular weight is 725 g/mol. The molecule has 0 heterocycles. The van der Waals surface area contributed by atoms with Crippen molar-refractivity contribution in [1.82, 2.24) is 0 Å². The molecule has 10 nitrogen and oxygen atoms in total. The fourth-order valence-corrected chi connectivity index (χ4v) is 6.65. The zero-order valence-corrected chi connectivity index (χ0v) is 33.8. The molecule has 1 aliphatic rings. The Labute approximate surface area is 309 Å². The summed E-state index contributed by atoms with van der Waals surface area (Å²) in [5, 5.41) is 11.2. The van der Waals surface area contributed by atoms with Crippen LogP contribution < -0.4 is 0 Å². The van der Waals surface area contributed by atoms with Crippen LogP contribution in [0, 0.1) is 23.7 Å². The van der Waals surface area contributed by atoms with Gasteiger partial charge in [0.2, 0.25) is 0 Å². The van der Waals surface area contributed by atoms with Crippen LogP contribution in [-0.4, -0.2) is 71.7 Å². The lowest BCUT2D eigenvalue weighted by Gasteiger charge is -2.38. The molecule has 0 spiro atoms. The van der Waals surface area contributed by atoms with Crippen LogP contribution in [0.3, 0.4) is 0 Å². The van der Waals surface area contributed by atoms with Crippen molar-refractivity contribution < 1.29 is 48.0 Å². The second-order valence-corrected chi connectivity index (χ2v) is 15.3. The van der Waals surface area contributed by atoms with Gasteiger partial charge in [0.1, 0.15) is 17.3 Å². The van der Waals surface area contributed by atoms with Gasteiger partial charge in [0.25, 0.3) is 0 Å². The SMILES string of the molecule is CCCCCCCC[C@@H]1[C@@H](C/C=C\CCCC(=O)OC(C)C)[C@@H](OC(=O)C(C)C(C)(CC)OC(=O)C(C)C(C)(CC)OC(=O)C(C)OC)C[C@H]1O. The molecule has 0 aliphatic heterocycles. The quantitative estimate of drug-likeness (QED) is 0.0423. The molecule has 296 valence electrons. The molecule has 5 unspecified atom stereocenters. The fourth-order valence-electron chi connectivity index (χ4n) is 6.65. The maximum atomic E-state index is 13.8. The molecule has 1 saturated carbocycles. The molecule has 0 aromatic carbocycles. The monoisotopic (exact) mass is 725 g/mol. The lowest BCUT2D eigenvalue weighted by Crippen LogP contribution is -2.49. The molecule has 0 amide bonds. The van der Waals surface area contributed by atoms with Crippen molar-refractivity contribution in [2.75, 3.05) is 7.11 Å². The summed E-state index contributed by atoms with van der Waals surface area (Å²) in [6.45, 7) is 17.9. The number of aliphatic hydroxyl groups is 1. The van der Waals surface area contributed by atoms with E-state index in [0.29, 0.717) is 38.5 Å². The Kier molecular flexibility index (Phi) is 21.2. The maximum Gasteiger partial charge on any atom is 0.335 e. The summed E-state index contributed by atoms with van der Waals surface area (Å²) < 4.78 is 28.3. The molecule has 1 aliphatic carbocycles. The Morgan fingerprint density at radius 1 is 0.765 bits per heavy atom. The maximum absolute atomic E-state index is 13.8. The number of carbonyl (C=O) groups excluding carboxylic acids is 4. The molecule has 0 aromatic rings. The number of aliphatic hydroxyl groups excluding tert-OH is 1. The van der Waals surface area contributed by atoms with Crippen molar-refractivity contribution >= 4 is 23.9 Å². The second kappa shape index (κ2) is 23.3. The van der Waals surface area contributed by atoms with Crippen LogP contribution in [0.4, 0.5) is 0 Å². The first-order chi connectivity index (χ1) is 24.0. The Morgan fingerprint density at radius 3 is 1.90 bits per heavy atom. The van der Waals surface area contributed by atoms with Gasteiger partial charge in [-0.25, -0.2) is 4.79 Å². The van der Waals surface area contributed by atoms with E-state index in [1.54, 1.807) is 34.6 Å². The highest BCUT2D eigenvalue weighted by atomic mass is 16.6. The van der Waals surface area contributed by atoms with Crippen LogP contribution in [0.1, 0.15) is 159 Å². The first-order valence-corrected chi connectivity index (χ1v) is 19.7. The summed E-state index contributed by atoms with van der Waals surface area (Å²) in [6, 6.07) is 0. The van der Waals surface area contributed by atoms with Gasteiger partial charge in [-0.2, -0.15) is 0 Å². The van der Waals surface area contributed by atoms with Crippen molar-refractivity contribution in [3.8, 4) is 0 Å². The number of esters is 4. The van der Waals surface area contributed by atoms with Gasteiger partial charge < -0.3 is 28.8 Å². The topological polar surface area (TPSA) is 135 Å². The predicted octanol–water partition coefficient (Wildman–Crippen LogP) is 8.44. The van der Waals surface area contributed by atoms with E-state index in [9.17, 15) is 24.3 Å². The summed E-state index contributed by atoms with van der Waals surface area (Å²) in [7, 11) is 1.41. The first kappa shape index (κ1) is 46.6. The van der Waals surface area contributed by atoms with Crippen LogP contribution in [0.25, 0.3) is 0 Å². The highest BCUT2D eigenvalue weighted by Gasteiger charge is 2.48. The third kappa shape index (κ3) is 15.2. The van der Waals surface area contributed by atoms with Gasteiger partial charge in [-0.3, -0.25) is 14.4 Å². The molecule has 0 radical (unpaired) electrons. The van der Waals surface area contributed by atoms with E-state index in [1.807, 2.05) is 27.7 Å². The Hall–Kier alpha value is -2.46. The lowest BCUT2D eigenvalue weighted by atomic mass is 9.85. The summed E-state index contributed by atoms with van der Waals surface area (Å²) in [5.41, 5.74) is -2.31. The van der Waals surface area contributed by atoms with E-state index in [0.717, 1.165) is 25.7 Å². The van der Waals surface area contributed by atoms with E-state index < -0.39 is 59.3 Å². The van der Waals surface area contributed by atoms with Crippen LogP contribution in [-0.2, 0) is 42.9 Å². The predicted molar refractivity (Wildman–Crippen MR) is 199 cm³/mol.